The van der Waals surface area contributed by atoms with Crippen molar-refractivity contribution >= 4 is 17.0 Å². The zero-order valence-electron chi connectivity index (χ0n) is 9.69. The van der Waals surface area contributed by atoms with E-state index < -0.39 is 0 Å². The van der Waals surface area contributed by atoms with Crippen LogP contribution in [0.4, 0.5) is 0 Å². The van der Waals surface area contributed by atoms with E-state index in [1.165, 1.54) is 0 Å². The van der Waals surface area contributed by atoms with Crippen LogP contribution in [0.3, 0.4) is 0 Å². The highest BCUT2D eigenvalue weighted by Crippen LogP contribution is 2.18. The lowest BCUT2D eigenvalue weighted by molar-refractivity contribution is -0.119. The second-order valence-electron chi connectivity index (χ2n) is 3.83. The fourth-order valence-electron chi connectivity index (χ4n) is 1.62. The highest BCUT2D eigenvalue weighted by molar-refractivity contribution is 5.78. The SMILES string of the molecule is Cc1cccc2oc(CCNC(=O)CN)nc12. The second kappa shape index (κ2) is 4.97. The summed E-state index contributed by atoms with van der Waals surface area (Å²) in [6.45, 7) is 2.49. The number of benzene rings is 1. The number of oxazole rings is 1. The number of aryl methyl sites for hydroxylation is 1. The molecule has 0 spiro atoms. The topological polar surface area (TPSA) is 81.2 Å². The van der Waals surface area contributed by atoms with Gasteiger partial charge >= 0.3 is 0 Å². The van der Waals surface area contributed by atoms with Gasteiger partial charge < -0.3 is 15.5 Å². The predicted molar refractivity (Wildman–Crippen MR) is 64.5 cm³/mol. The fourth-order valence-corrected chi connectivity index (χ4v) is 1.62. The summed E-state index contributed by atoms with van der Waals surface area (Å²) >= 11 is 0. The van der Waals surface area contributed by atoms with Crippen LogP contribution >= 0.6 is 0 Å². The van der Waals surface area contributed by atoms with E-state index in [0.717, 1.165) is 16.7 Å². The van der Waals surface area contributed by atoms with Gasteiger partial charge in [0.2, 0.25) is 5.91 Å². The van der Waals surface area contributed by atoms with E-state index in [9.17, 15) is 4.79 Å². The number of para-hydroxylation sites is 1. The molecule has 5 nitrogen and oxygen atoms in total. The fraction of sp³-hybridized carbons (Fsp3) is 0.333. The van der Waals surface area contributed by atoms with Crippen LogP contribution in [0.25, 0.3) is 11.1 Å². The van der Waals surface area contributed by atoms with Gasteiger partial charge in [0, 0.05) is 13.0 Å². The molecule has 0 aliphatic rings. The molecule has 0 aliphatic carbocycles. The lowest BCUT2D eigenvalue weighted by atomic mass is 10.2. The molecule has 1 amide bonds. The summed E-state index contributed by atoms with van der Waals surface area (Å²) in [7, 11) is 0. The van der Waals surface area contributed by atoms with Crippen molar-refractivity contribution in [1.82, 2.24) is 10.3 Å². The minimum absolute atomic E-state index is 0.00661. The van der Waals surface area contributed by atoms with Crippen molar-refractivity contribution in [2.75, 3.05) is 13.1 Å². The van der Waals surface area contributed by atoms with Crippen LogP contribution < -0.4 is 11.1 Å². The number of nitrogens with one attached hydrogen (secondary N) is 1. The van der Waals surface area contributed by atoms with Crippen molar-refractivity contribution in [2.24, 2.45) is 5.73 Å². The molecule has 5 heteroatoms. The first-order chi connectivity index (χ1) is 8.20. The zero-order chi connectivity index (χ0) is 12.3. The Morgan fingerprint density at radius 3 is 3.06 bits per heavy atom. The van der Waals surface area contributed by atoms with Crippen molar-refractivity contribution < 1.29 is 9.21 Å². The summed E-state index contributed by atoms with van der Waals surface area (Å²) < 4.78 is 5.57. The quantitative estimate of drug-likeness (QED) is 0.816. The molecule has 0 unspecified atom stereocenters. The lowest BCUT2D eigenvalue weighted by Gasteiger charge is -1.99. The van der Waals surface area contributed by atoms with Crippen molar-refractivity contribution in [3.05, 3.63) is 29.7 Å². The number of hydrogen-bond acceptors (Lipinski definition) is 4. The summed E-state index contributed by atoms with van der Waals surface area (Å²) in [5.41, 5.74) is 7.93. The summed E-state index contributed by atoms with van der Waals surface area (Å²) in [5, 5.41) is 2.68. The van der Waals surface area contributed by atoms with E-state index in [1.807, 2.05) is 25.1 Å². The first kappa shape index (κ1) is 11.6. The smallest absolute Gasteiger partial charge is 0.233 e. The largest absolute Gasteiger partial charge is 0.441 e. The average Bonchev–Trinajstić information content (AvgIpc) is 2.73. The maximum atomic E-state index is 10.9. The molecule has 0 radical (unpaired) electrons. The van der Waals surface area contributed by atoms with Gasteiger partial charge in [-0.1, -0.05) is 12.1 Å². The third-order valence-electron chi connectivity index (χ3n) is 2.51. The maximum Gasteiger partial charge on any atom is 0.233 e. The van der Waals surface area contributed by atoms with Crippen LogP contribution in [0.1, 0.15) is 11.5 Å². The first-order valence-corrected chi connectivity index (χ1v) is 5.52. The lowest BCUT2D eigenvalue weighted by Crippen LogP contribution is -2.31. The Hall–Kier alpha value is -1.88. The van der Waals surface area contributed by atoms with Gasteiger partial charge in [0.15, 0.2) is 11.5 Å². The number of carbonyl (C=O) groups is 1. The summed E-state index contributed by atoms with van der Waals surface area (Å²) in [6.07, 6.45) is 0.569. The standard InChI is InChI=1S/C12H15N3O2/c1-8-3-2-4-9-12(8)15-11(17-9)5-6-14-10(16)7-13/h2-4H,5-7,13H2,1H3,(H,14,16). The molecule has 1 heterocycles. The van der Waals surface area contributed by atoms with Gasteiger partial charge in [0.05, 0.1) is 6.54 Å². The van der Waals surface area contributed by atoms with Gasteiger partial charge in [-0.3, -0.25) is 4.79 Å². The first-order valence-electron chi connectivity index (χ1n) is 5.52. The van der Waals surface area contributed by atoms with Crippen LogP contribution in [0, 0.1) is 6.92 Å². The average molecular weight is 233 g/mol. The molecule has 90 valence electrons. The molecule has 0 aliphatic heterocycles. The molecule has 2 rings (SSSR count). The number of carbonyl (C=O) groups excluding carboxylic acids is 1. The summed E-state index contributed by atoms with van der Waals surface area (Å²) in [5.74, 6) is 0.462. The van der Waals surface area contributed by atoms with Gasteiger partial charge in [-0.05, 0) is 18.6 Å². The van der Waals surface area contributed by atoms with Gasteiger partial charge in [-0.2, -0.15) is 0 Å². The van der Waals surface area contributed by atoms with E-state index in [0.29, 0.717) is 18.9 Å². The third kappa shape index (κ3) is 2.62. The summed E-state index contributed by atoms with van der Waals surface area (Å²) in [4.78, 5) is 15.3. The molecular formula is C12H15N3O2. The molecular weight excluding hydrogens is 218 g/mol. The molecule has 2 aromatic rings. The summed E-state index contributed by atoms with van der Waals surface area (Å²) in [6, 6.07) is 5.81. The molecule has 0 saturated heterocycles. The normalized spacial score (nSPS) is 10.7. The number of aromatic nitrogens is 1. The van der Waals surface area contributed by atoms with Crippen molar-refractivity contribution in [3.63, 3.8) is 0 Å². The highest BCUT2D eigenvalue weighted by atomic mass is 16.3. The molecule has 3 N–H and O–H groups in total. The minimum atomic E-state index is -0.169. The molecule has 0 atom stereocenters. The number of rotatable bonds is 4. The number of amides is 1. The van der Waals surface area contributed by atoms with E-state index >= 15 is 0 Å². The number of nitrogens with zero attached hydrogens (tertiary/aromatic N) is 1. The molecule has 0 saturated carbocycles. The molecule has 1 aromatic heterocycles. The van der Waals surface area contributed by atoms with Crippen LogP contribution in [0.2, 0.25) is 0 Å². The molecule has 0 bridgehead atoms. The number of fused-ring (bicyclic) bond motifs is 1. The van der Waals surface area contributed by atoms with Crippen molar-refractivity contribution in [3.8, 4) is 0 Å². The Kier molecular flexibility index (Phi) is 3.39. The predicted octanol–water partition coefficient (Wildman–Crippen LogP) is 0.754. The van der Waals surface area contributed by atoms with Crippen LogP contribution in [0.5, 0.6) is 0 Å². The number of hydrogen-bond donors (Lipinski definition) is 2. The highest BCUT2D eigenvalue weighted by Gasteiger charge is 2.07. The Bertz CT molecular complexity index is 534. The van der Waals surface area contributed by atoms with Crippen molar-refractivity contribution in [1.29, 1.82) is 0 Å². The minimum Gasteiger partial charge on any atom is -0.441 e. The van der Waals surface area contributed by atoms with Gasteiger partial charge in [-0.25, -0.2) is 4.98 Å². The van der Waals surface area contributed by atoms with Gasteiger partial charge in [0.25, 0.3) is 0 Å². The van der Waals surface area contributed by atoms with Crippen LogP contribution in [-0.4, -0.2) is 24.0 Å². The van der Waals surface area contributed by atoms with Crippen LogP contribution in [0.15, 0.2) is 22.6 Å². The van der Waals surface area contributed by atoms with E-state index in [2.05, 4.69) is 10.3 Å². The Labute approximate surface area is 99.0 Å². The molecule has 0 fully saturated rings. The van der Waals surface area contributed by atoms with E-state index in [1.54, 1.807) is 0 Å². The van der Waals surface area contributed by atoms with E-state index in [-0.39, 0.29) is 12.5 Å². The van der Waals surface area contributed by atoms with Gasteiger partial charge in [0.1, 0.15) is 5.52 Å². The van der Waals surface area contributed by atoms with E-state index in [4.69, 9.17) is 10.2 Å². The van der Waals surface area contributed by atoms with Crippen molar-refractivity contribution in [2.45, 2.75) is 13.3 Å². The number of nitrogens with two attached hydrogens (primary N) is 1. The second-order valence-corrected chi connectivity index (χ2v) is 3.83. The Morgan fingerprint density at radius 2 is 2.35 bits per heavy atom. The monoisotopic (exact) mass is 233 g/mol. The third-order valence-corrected chi connectivity index (χ3v) is 2.51. The van der Waals surface area contributed by atoms with Crippen LogP contribution in [-0.2, 0) is 11.2 Å². The molecule has 1 aromatic carbocycles. The maximum absolute atomic E-state index is 10.9. The Morgan fingerprint density at radius 1 is 1.53 bits per heavy atom. The van der Waals surface area contributed by atoms with Gasteiger partial charge in [-0.15, -0.1) is 0 Å². The zero-order valence-corrected chi connectivity index (χ0v) is 9.69. The Balaban J connectivity index is 2.05. The molecule has 17 heavy (non-hydrogen) atoms.